The molecule has 0 spiro atoms. The van der Waals surface area contributed by atoms with Crippen LogP contribution in [0.2, 0.25) is 10.0 Å². The third-order valence-electron chi connectivity index (χ3n) is 2.37. The highest BCUT2D eigenvalue weighted by atomic mass is 35.5. The van der Waals surface area contributed by atoms with Crippen LogP contribution in [0.4, 0.5) is 5.95 Å². The van der Waals surface area contributed by atoms with Gasteiger partial charge in [-0.3, -0.25) is 10.1 Å². The van der Waals surface area contributed by atoms with Crippen molar-refractivity contribution in [3.05, 3.63) is 46.7 Å². The maximum atomic E-state index is 12.0. The maximum absolute atomic E-state index is 12.0. The van der Waals surface area contributed by atoms with Crippen LogP contribution < -0.4 is 5.32 Å². The van der Waals surface area contributed by atoms with Crippen molar-refractivity contribution in [3.8, 4) is 0 Å². The second-order valence-corrected chi connectivity index (χ2v) is 6.12. The van der Waals surface area contributed by atoms with Crippen LogP contribution in [0.15, 0.2) is 41.6 Å². The number of hydrogen-bond acceptors (Lipinski definition) is 4. The summed E-state index contributed by atoms with van der Waals surface area (Å²) in [6.07, 6.45) is 3.13. The zero-order valence-corrected chi connectivity index (χ0v) is 12.8. The molecule has 0 saturated heterocycles. The van der Waals surface area contributed by atoms with Gasteiger partial charge in [0.2, 0.25) is 11.9 Å². The largest absolute Gasteiger partial charge is 0.294 e. The Balaban J connectivity index is 2.02. The normalized spacial score (nSPS) is 11.9. The Morgan fingerprint density at radius 3 is 2.70 bits per heavy atom. The van der Waals surface area contributed by atoms with E-state index in [1.807, 2.05) is 0 Å². The van der Waals surface area contributed by atoms with E-state index in [0.29, 0.717) is 10.0 Å². The molecule has 1 atom stereocenters. The number of rotatable bonds is 4. The number of carbonyl (C=O) groups excluding carboxylic acids is 1. The van der Waals surface area contributed by atoms with Crippen LogP contribution in [0.5, 0.6) is 0 Å². The van der Waals surface area contributed by atoms with Gasteiger partial charge in [-0.25, -0.2) is 9.97 Å². The molecule has 0 fully saturated rings. The van der Waals surface area contributed by atoms with Gasteiger partial charge in [0.05, 0.1) is 10.3 Å². The van der Waals surface area contributed by atoms with Gasteiger partial charge in [-0.2, -0.15) is 0 Å². The molecule has 1 heterocycles. The van der Waals surface area contributed by atoms with E-state index in [4.69, 9.17) is 23.2 Å². The third kappa shape index (κ3) is 4.10. The van der Waals surface area contributed by atoms with Crippen molar-refractivity contribution in [2.45, 2.75) is 17.1 Å². The van der Waals surface area contributed by atoms with E-state index in [1.165, 1.54) is 11.8 Å². The number of benzene rings is 1. The highest BCUT2D eigenvalue weighted by molar-refractivity contribution is 8.00. The molecule has 0 bridgehead atoms. The Morgan fingerprint density at radius 1 is 1.30 bits per heavy atom. The fourth-order valence-corrected chi connectivity index (χ4v) is 2.80. The Bertz CT molecular complexity index is 610. The SMILES string of the molecule is CC(Sc1cc(Cl)ccc1Cl)C(=O)Nc1ncccn1. The van der Waals surface area contributed by atoms with Crippen LogP contribution in [0.25, 0.3) is 0 Å². The molecule has 1 unspecified atom stereocenters. The van der Waals surface area contributed by atoms with Gasteiger partial charge in [0, 0.05) is 22.3 Å². The first-order chi connectivity index (χ1) is 9.56. The number of nitrogens with zero attached hydrogens (tertiary/aromatic N) is 2. The Kier molecular flexibility index (Phi) is 5.23. The van der Waals surface area contributed by atoms with Gasteiger partial charge >= 0.3 is 0 Å². The molecule has 0 saturated carbocycles. The highest BCUT2D eigenvalue weighted by Gasteiger charge is 2.17. The van der Waals surface area contributed by atoms with Crippen molar-refractivity contribution in [1.29, 1.82) is 0 Å². The lowest BCUT2D eigenvalue weighted by Crippen LogP contribution is -2.23. The van der Waals surface area contributed by atoms with Gasteiger partial charge in [0.1, 0.15) is 0 Å². The topological polar surface area (TPSA) is 54.9 Å². The van der Waals surface area contributed by atoms with Crippen molar-refractivity contribution in [1.82, 2.24) is 9.97 Å². The number of carbonyl (C=O) groups is 1. The summed E-state index contributed by atoms with van der Waals surface area (Å²) in [5.74, 6) is 0.0828. The van der Waals surface area contributed by atoms with Gasteiger partial charge in [0.15, 0.2) is 0 Å². The van der Waals surface area contributed by atoms with Gasteiger partial charge < -0.3 is 0 Å². The van der Waals surface area contributed by atoms with Crippen LogP contribution in [-0.2, 0) is 4.79 Å². The first-order valence-electron chi connectivity index (χ1n) is 5.76. The molecule has 1 N–H and O–H groups in total. The van der Waals surface area contributed by atoms with Gasteiger partial charge in [-0.1, -0.05) is 23.2 Å². The van der Waals surface area contributed by atoms with Crippen molar-refractivity contribution in [2.24, 2.45) is 0 Å². The molecule has 1 amide bonds. The summed E-state index contributed by atoms with van der Waals surface area (Å²) in [7, 11) is 0. The van der Waals surface area contributed by atoms with Crippen LogP contribution in [0.3, 0.4) is 0 Å². The second kappa shape index (κ2) is 6.92. The minimum absolute atomic E-state index is 0.197. The van der Waals surface area contributed by atoms with E-state index in [9.17, 15) is 4.79 Å². The molecule has 1 aromatic heterocycles. The Hall–Kier alpha value is -1.30. The summed E-state index contributed by atoms with van der Waals surface area (Å²) >= 11 is 13.3. The minimum atomic E-state index is -0.352. The molecule has 1 aromatic carbocycles. The molecule has 2 rings (SSSR count). The van der Waals surface area contributed by atoms with E-state index >= 15 is 0 Å². The van der Waals surface area contributed by atoms with Crippen molar-refractivity contribution in [2.75, 3.05) is 5.32 Å². The first-order valence-corrected chi connectivity index (χ1v) is 7.39. The first kappa shape index (κ1) is 15.1. The lowest BCUT2D eigenvalue weighted by atomic mass is 10.4. The van der Waals surface area contributed by atoms with Crippen LogP contribution >= 0.6 is 35.0 Å². The summed E-state index contributed by atoms with van der Waals surface area (Å²) in [4.78, 5) is 20.7. The molecule has 0 aliphatic rings. The van der Waals surface area contributed by atoms with E-state index in [0.717, 1.165) is 4.90 Å². The Labute approximate surface area is 130 Å². The Morgan fingerprint density at radius 2 is 2.00 bits per heavy atom. The van der Waals surface area contributed by atoms with E-state index in [1.54, 1.807) is 43.6 Å². The predicted molar refractivity (Wildman–Crippen MR) is 82.4 cm³/mol. The molecule has 0 aliphatic carbocycles. The average molecular weight is 328 g/mol. The number of aromatic nitrogens is 2. The molecule has 0 radical (unpaired) electrons. The summed E-state index contributed by atoms with van der Waals surface area (Å²) in [5.41, 5.74) is 0. The molecule has 2 aromatic rings. The third-order valence-corrected chi connectivity index (χ3v) is 4.20. The molecular formula is C13H11Cl2N3OS. The molecule has 104 valence electrons. The van der Waals surface area contributed by atoms with Crippen LogP contribution in [-0.4, -0.2) is 21.1 Å². The minimum Gasteiger partial charge on any atom is -0.294 e. The average Bonchev–Trinajstić information content (AvgIpc) is 2.44. The lowest BCUT2D eigenvalue weighted by molar-refractivity contribution is -0.115. The molecule has 4 nitrogen and oxygen atoms in total. The van der Waals surface area contributed by atoms with Crippen molar-refractivity contribution < 1.29 is 4.79 Å². The number of hydrogen-bond donors (Lipinski definition) is 1. The standard InChI is InChI=1S/C13H11Cl2N3OS/c1-8(12(19)18-13-16-5-2-6-17-13)20-11-7-9(14)3-4-10(11)15/h2-8H,1H3,(H,16,17,18,19). The zero-order chi connectivity index (χ0) is 14.5. The fourth-order valence-electron chi connectivity index (χ4n) is 1.39. The summed E-state index contributed by atoms with van der Waals surface area (Å²) in [6.45, 7) is 1.78. The smallest absolute Gasteiger partial charge is 0.239 e. The maximum Gasteiger partial charge on any atom is 0.239 e. The van der Waals surface area contributed by atoms with E-state index in [2.05, 4.69) is 15.3 Å². The van der Waals surface area contributed by atoms with Gasteiger partial charge in [0.25, 0.3) is 0 Å². The quantitative estimate of drug-likeness (QED) is 0.865. The van der Waals surface area contributed by atoms with Crippen molar-refractivity contribution in [3.63, 3.8) is 0 Å². The number of thioether (sulfide) groups is 1. The van der Waals surface area contributed by atoms with Crippen LogP contribution in [0.1, 0.15) is 6.92 Å². The second-order valence-electron chi connectivity index (χ2n) is 3.90. The summed E-state index contributed by atoms with van der Waals surface area (Å²) in [6, 6.07) is 6.82. The number of anilines is 1. The lowest BCUT2D eigenvalue weighted by Gasteiger charge is -2.12. The summed E-state index contributed by atoms with van der Waals surface area (Å²) in [5, 5.41) is 3.43. The molecule has 20 heavy (non-hydrogen) atoms. The summed E-state index contributed by atoms with van der Waals surface area (Å²) < 4.78 is 0. The highest BCUT2D eigenvalue weighted by Crippen LogP contribution is 2.32. The zero-order valence-electron chi connectivity index (χ0n) is 10.5. The molecular weight excluding hydrogens is 317 g/mol. The van der Waals surface area contributed by atoms with E-state index < -0.39 is 0 Å². The number of halogens is 2. The molecule has 0 aliphatic heterocycles. The monoisotopic (exact) mass is 327 g/mol. The number of nitrogens with one attached hydrogen (secondary N) is 1. The predicted octanol–water partition coefficient (Wildman–Crippen LogP) is 3.90. The van der Waals surface area contributed by atoms with E-state index in [-0.39, 0.29) is 17.1 Å². The molecule has 7 heteroatoms. The van der Waals surface area contributed by atoms with Crippen molar-refractivity contribution >= 4 is 46.8 Å². The van der Waals surface area contributed by atoms with Crippen LogP contribution in [0, 0.1) is 0 Å². The fraction of sp³-hybridized carbons (Fsp3) is 0.154. The number of amides is 1. The van der Waals surface area contributed by atoms with Gasteiger partial charge in [-0.15, -0.1) is 11.8 Å². The van der Waals surface area contributed by atoms with Gasteiger partial charge in [-0.05, 0) is 31.2 Å².